The number of benzene rings is 2. The minimum atomic E-state index is -1.98. The summed E-state index contributed by atoms with van der Waals surface area (Å²) in [5.74, 6) is -2.11. The fourth-order valence-electron chi connectivity index (χ4n) is 4.95. The smallest absolute Gasteiger partial charge is 0.324 e. The quantitative estimate of drug-likeness (QED) is 0.371. The van der Waals surface area contributed by atoms with Gasteiger partial charge < -0.3 is 19.6 Å². The largest absolute Gasteiger partial charge is 0.444 e. The number of hydrogen-bond acceptors (Lipinski definition) is 9. The van der Waals surface area contributed by atoms with Gasteiger partial charge in [0.25, 0.3) is 0 Å². The minimum Gasteiger partial charge on any atom is -0.444 e. The Bertz CT molecular complexity index is 1420. The summed E-state index contributed by atoms with van der Waals surface area (Å²) in [6.07, 6.45) is 4.94. The third-order valence-electron chi connectivity index (χ3n) is 7.27. The van der Waals surface area contributed by atoms with Crippen LogP contribution in [0.5, 0.6) is 0 Å². The number of halogens is 2. The van der Waals surface area contributed by atoms with Crippen LogP contribution in [0.4, 0.5) is 19.3 Å². The average Bonchev–Trinajstić information content (AvgIpc) is 3.73. The first-order chi connectivity index (χ1) is 19.7. The van der Waals surface area contributed by atoms with E-state index in [-0.39, 0.29) is 50.5 Å². The summed E-state index contributed by atoms with van der Waals surface area (Å²) in [7, 11) is 0. The van der Waals surface area contributed by atoms with Crippen LogP contribution in [0.2, 0.25) is 0 Å². The van der Waals surface area contributed by atoms with Crippen molar-refractivity contribution in [1.82, 2.24) is 29.8 Å². The van der Waals surface area contributed by atoms with E-state index in [2.05, 4.69) is 15.4 Å². The number of β-amino-alcohol motifs (C(OH)–C–C–N with tert-alkyl or cyclic N) is 1. The maximum absolute atomic E-state index is 15.1. The van der Waals surface area contributed by atoms with Gasteiger partial charge in [0.05, 0.1) is 30.7 Å². The number of urea groups is 1. The summed E-state index contributed by atoms with van der Waals surface area (Å²) >= 11 is 0. The zero-order valence-electron chi connectivity index (χ0n) is 22.6. The molecular formula is C27H30F2N8O4. The van der Waals surface area contributed by atoms with Crippen molar-refractivity contribution in [2.45, 2.75) is 31.9 Å². The molecule has 0 unspecified atom stereocenters. The molecule has 14 heteroatoms. The number of esters is 1. The molecule has 0 radical (unpaired) electrons. The molecule has 12 nitrogen and oxygen atoms in total. The zero-order valence-corrected chi connectivity index (χ0v) is 22.6. The highest BCUT2D eigenvalue weighted by atomic mass is 19.1. The lowest BCUT2D eigenvalue weighted by Gasteiger charge is -2.41. The Morgan fingerprint density at radius 1 is 1.15 bits per heavy atom. The Morgan fingerprint density at radius 3 is 2.59 bits per heavy atom. The molecule has 2 atom stereocenters. The van der Waals surface area contributed by atoms with Crippen LogP contribution < -0.4 is 4.90 Å². The Balaban J connectivity index is 1.35. The molecular weight excluding hydrogens is 538 g/mol. The van der Waals surface area contributed by atoms with E-state index in [9.17, 15) is 19.1 Å². The average molecular weight is 569 g/mol. The van der Waals surface area contributed by atoms with Crippen LogP contribution in [0.1, 0.15) is 25.8 Å². The van der Waals surface area contributed by atoms with Gasteiger partial charge in [-0.15, -0.1) is 5.10 Å². The number of nitrogens with zero attached hydrogens (tertiary/aromatic N) is 8. The van der Waals surface area contributed by atoms with Crippen LogP contribution in [0.25, 0.3) is 5.69 Å². The highest BCUT2D eigenvalue weighted by Crippen LogP contribution is 2.35. The number of ether oxygens (including phenoxy) is 1. The van der Waals surface area contributed by atoms with Crippen LogP contribution in [0, 0.1) is 11.6 Å². The van der Waals surface area contributed by atoms with Gasteiger partial charge in [0.1, 0.15) is 30.2 Å². The predicted octanol–water partition coefficient (Wildman–Crippen LogP) is 2.49. The fraction of sp³-hybridized carbons (Fsp3) is 0.370. The summed E-state index contributed by atoms with van der Waals surface area (Å²) in [4.78, 5) is 29.8. The second kappa shape index (κ2) is 11.5. The number of hydrazone groups is 1. The maximum atomic E-state index is 15.1. The van der Waals surface area contributed by atoms with Gasteiger partial charge in [-0.3, -0.25) is 14.7 Å². The lowest BCUT2D eigenvalue weighted by Crippen LogP contribution is -2.55. The first-order valence-electron chi connectivity index (χ1n) is 13.1. The summed E-state index contributed by atoms with van der Waals surface area (Å²) in [5.41, 5.74) is -0.727. The highest BCUT2D eigenvalue weighted by Gasteiger charge is 2.47. The second-order valence-corrected chi connectivity index (χ2v) is 9.84. The van der Waals surface area contributed by atoms with E-state index in [4.69, 9.17) is 4.74 Å². The maximum Gasteiger partial charge on any atom is 0.324 e. The van der Waals surface area contributed by atoms with Crippen molar-refractivity contribution in [3.05, 3.63) is 72.1 Å². The Hall–Kier alpha value is -4.59. The second-order valence-electron chi connectivity index (χ2n) is 9.84. The third-order valence-corrected chi connectivity index (χ3v) is 7.27. The molecule has 1 fully saturated rings. The number of carbonyl (C=O) groups is 2. The van der Waals surface area contributed by atoms with Gasteiger partial charge in [-0.1, -0.05) is 18.2 Å². The molecule has 0 spiro atoms. The van der Waals surface area contributed by atoms with Gasteiger partial charge >= 0.3 is 12.0 Å². The Labute approximate surface area is 235 Å². The first kappa shape index (κ1) is 28.0. The van der Waals surface area contributed by atoms with Gasteiger partial charge in [-0.25, -0.2) is 18.3 Å². The summed E-state index contributed by atoms with van der Waals surface area (Å²) < 4.78 is 35.7. The molecule has 0 bridgehead atoms. The number of aliphatic hydroxyl groups is 1. The number of hydrogen-bond donors (Lipinski definition) is 1. The molecule has 1 saturated heterocycles. The van der Waals surface area contributed by atoms with Crippen molar-refractivity contribution >= 4 is 24.0 Å². The molecule has 0 aliphatic carbocycles. The van der Waals surface area contributed by atoms with Crippen molar-refractivity contribution in [3.8, 4) is 5.69 Å². The van der Waals surface area contributed by atoms with Gasteiger partial charge in [0.15, 0.2) is 6.73 Å². The van der Waals surface area contributed by atoms with Crippen molar-refractivity contribution in [2.75, 3.05) is 37.9 Å². The van der Waals surface area contributed by atoms with E-state index in [1.54, 1.807) is 52.9 Å². The lowest BCUT2D eigenvalue weighted by molar-refractivity contribution is -0.146. The summed E-state index contributed by atoms with van der Waals surface area (Å²) in [5, 5.41) is 25.6. The Morgan fingerprint density at radius 2 is 1.90 bits per heavy atom. The molecule has 216 valence electrons. The molecule has 2 amide bonds. The molecule has 0 saturated carbocycles. The van der Waals surface area contributed by atoms with E-state index >= 15 is 4.39 Å². The highest BCUT2D eigenvalue weighted by molar-refractivity contribution is 5.94. The van der Waals surface area contributed by atoms with E-state index in [1.807, 2.05) is 12.1 Å². The number of carbonyl (C=O) groups excluding carboxylic acids is 2. The molecule has 3 aromatic rings. The molecule has 1 aromatic heterocycles. The molecule has 2 aliphatic heterocycles. The number of amides is 2. The first-order valence-corrected chi connectivity index (χ1v) is 13.1. The standard InChI is InChI=1S/C27H30F2N8O4/c1-3-25(38)41-18-33-16-31-34(17-33)15-27(40,23-9-4-20(28)14-24(23)29)19(2)35-12-13-36(26(35)39)21-5-7-22(8-6-21)37-11-10-30-32-37/h4-11,14,16,19,40H,3,12-13,15,17-18H2,1-2H3/t19-,27-/m1/s1. The van der Waals surface area contributed by atoms with E-state index in [1.165, 1.54) is 22.3 Å². The van der Waals surface area contributed by atoms with Gasteiger partial charge in [0.2, 0.25) is 0 Å². The summed E-state index contributed by atoms with van der Waals surface area (Å²) in [6.45, 7) is 3.79. The fourth-order valence-corrected chi connectivity index (χ4v) is 4.95. The molecule has 41 heavy (non-hydrogen) atoms. The van der Waals surface area contributed by atoms with Crippen LogP contribution in [0.3, 0.4) is 0 Å². The Kier molecular flexibility index (Phi) is 7.83. The minimum absolute atomic E-state index is 0.0408. The van der Waals surface area contributed by atoms with Crippen molar-refractivity contribution < 1.29 is 28.2 Å². The lowest BCUT2D eigenvalue weighted by atomic mass is 9.85. The summed E-state index contributed by atoms with van der Waals surface area (Å²) in [6, 6.07) is 8.83. The topological polar surface area (TPSA) is 120 Å². The van der Waals surface area contributed by atoms with Crippen molar-refractivity contribution in [1.29, 1.82) is 0 Å². The molecule has 1 N–H and O–H groups in total. The number of rotatable bonds is 10. The van der Waals surface area contributed by atoms with E-state index in [0.717, 1.165) is 11.8 Å². The van der Waals surface area contributed by atoms with E-state index in [0.29, 0.717) is 18.3 Å². The van der Waals surface area contributed by atoms with Crippen LogP contribution >= 0.6 is 0 Å². The van der Waals surface area contributed by atoms with Gasteiger partial charge in [-0.2, -0.15) is 5.10 Å². The van der Waals surface area contributed by atoms with Crippen LogP contribution in [0.15, 0.2) is 60.0 Å². The van der Waals surface area contributed by atoms with Crippen LogP contribution in [-0.4, -0.2) is 92.3 Å². The molecule has 3 heterocycles. The van der Waals surface area contributed by atoms with Gasteiger partial charge in [-0.05, 0) is 37.3 Å². The molecule has 2 aliphatic rings. The van der Waals surface area contributed by atoms with Crippen molar-refractivity contribution in [2.24, 2.45) is 5.10 Å². The number of anilines is 1. The third kappa shape index (κ3) is 5.68. The van der Waals surface area contributed by atoms with Crippen molar-refractivity contribution in [3.63, 3.8) is 0 Å². The molecule has 2 aromatic carbocycles. The normalized spacial score (nSPS) is 17.3. The SMILES string of the molecule is CCC(=O)OCN1C=NN(C[C@](O)(c2ccc(F)cc2F)[C@@H](C)N2CCN(c3ccc(-n4ccnn4)cc3)C2=O)C1. The van der Waals surface area contributed by atoms with Gasteiger partial charge in [0, 0.05) is 36.8 Å². The van der Waals surface area contributed by atoms with E-state index < -0.39 is 23.3 Å². The molecule has 5 rings (SSSR count). The monoisotopic (exact) mass is 568 g/mol. The van der Waals surface area contributed by atoms with Crippen LogP contribution in [-0.2, 0) is 15.1 Å². The zero-order chi connectivity index (χ0) is 29.1. The number of aromatic nitrogens is 3. The predicted molar refractivity (Wildman–Crippen MR) is 144 cm³/mol.